The molecule has 0 rings (SSSR count). The number of aliphatic hydroxyl groups excluding tert-OH is 2. The molecule has 100 valence electrons. The van der Waals surface area contributed by atoms with Gasteiger partial charge in [-0.3, -0.25) is 0 Å². The Morgan fingerprint density at radius 3 is 1.47 bits per heavy atom. The fourth-order valence-corrected chi connectivity index (χ4v) is 1.43. The second kappa shape index (κ2) is 9.25. The van der Waals surface area contributed by atoms with Crippen LogP contribution < -0.4 is 0 Å². The zero-order chi connectivity index (χ0) is 13.3. The maximum Gasteiger partial charge on any atom is 0.0896 e. The molecule has 0 spiro atoms. The Morgan fingerprint density at radius 1 is 0.882 bits per heavy atom. The molecule has 2 N–H and O–H groups in total. The minimum atomic E-state index is 0.144. The summed E-state index contributed by atoms with van der Waals surface area (Å²) in [4.78, 5) is 0. The molecular formula is C14H26O3. The third-order valence-electron chi connectivity index (χ3n) is 2.72. The van der Waals surface area contributed by atoms with Gasteiger partial charge in [0.25, 0.3) is 0 Å². The molecule has 3 heteroatoms. The van der Waals surface area contributed by atoms with Crippen LogP contribution in [0.3, 0.4) is 0 Å². The van der Waals surface area contributed by atoms with Crippen LogP contribution in [0.1, 0.15) is 40.5 Å². The second-order valence-electron chi connectivity index (χ2n) is 4.78. The number of ether oxygens (including phenoxy) is 1. The Kier molecular flexibility index (Phi) is 8.82. The molecule has 0 aliphatic carbocycles. The van der Waals surface area contributed by atoms with Gasteiger partial charge in [-0.2, -0.15) is 0 Å². The van der Waals surface area contributed by atoms with Gasteiger partial charge in [0.2, 0.25) is 0 Å². The summed E-state index contributed by atoms with van der Waals surface area (Å²) in [5, 5.41) is 17.8. The Hall–Kier alpha value is -0.800. The van der Waals surface area contributed by atoms with Crippen molar-refractivity contribution in [1.29, 1.82) is 0 Å². The molecule has 0 aromatic carbocycles. The number of hydrogen-bond donors (Lipinski definition) is 2. The topological polar surface area (TPSA) is 49.7 Å². The molecule has 0 radical (unpaired) electrons. The van der Waals surface area contributed by atoms with Gasteiger partial charge in [-0.25, -0.2) is 0 Å². The van der Waals surface area contributed by atoms with Crippen molar-refractivity contribution in [2.75, 3.05) is 13.2 Å². The SMILES string of the molecule is CC(C)C(=COC=C(CCO)C(C)C)CCO. The van der Waals surface area contributed by atoms with Crippen LogP contribution in [0.25, 0.3) is 0 Å². The van der Waals surface area contributed by atoms with Crippen molar-refractivity contribution < 1.29 is 14.9 Å². The summed E-state index contributed by atoms with van der Waals surface area (Å²) in [6, 6.07) is 0. The normalized spacial score (nSPS) is 13.6. The fraction of sp³-hybridized carbons (Fsp3) is 0.714. The zero-order valence-corrected chi connectivity index (χ0v) is 11.4. The van der Waals surface area contributed by atoms with Gasteiger partial charge in [0.05, 0.1) is 12.5 Å². The first-order valence-electron chi connectivity index (χ1n) is 6.28. The van der Waals surface area contributed by atoms with Gasteiger partial charge in [-0.05, 0) is 35.8 Å². The van der Waals surface area contributed by atoms with Gasteiger partial charge in [0.1, 0.15) is 0 Å². The van der Waals surface area contributed by atoms with E-state index in [0.29, 0.717) is 24.7 Å². The first-order valence-corrected chi connectivity index (χ1v) is 6.28. The van der Waals surface area contributed by atoms with Crippen LogP contribution in [0.4, 0.5) is 0 Å². The number of aliphatic hydroxyl groups is 2. The molecule has 0 aliphatic rings. The Labute approximate surface area is 105 Å². The van der Waals surface area contributed by atoms with Crippen LogP contribution in [0, 0.1) is 11.8 Å². The van der Waals surface area contributed by atoms with Crippen molar-refractivity contribution >= 4 is 0 Å². The summed E-state index contributed by atoms with van der Waals surface area (Å²) in [5.74, 6) is 0.742. The standard InChI is InChI=1S/C14H26O3/c1-11(2)13(5-7-15)9-17-10-14(6-8-16)12(3)4/h9-12,15-16H,5-8H2,1-4H3. The van der Waals surface area contributed by atoms with Crippen molar-refractivity contribution in [3.05, 3.63) is 23.7 Å². The first-order chi connectivity index (χ1) is 8.02. The highest BCUT2D eigenvalue weighted by atomic mass is 16.5. The van der Waals surface area contributed by atoms with E-state index in [4.69, 9.17) is 14.9 Å². The zero-order valence-electron chi connectivity index (χ0n) is 11.4. The van der Waals surface area contributed by atoms with Crippen molar-refractivity contribution in [2.24, 2.45) is 11.8 Å². The lowest BCUT2D eigenvalue weighted by Gasteiger charge is -2.11. The van der Waals surface area contributed by atoms with E-state index in [2.05, 4.69) is 27.7 Å². The summed E-state index contributed by atoms with van der Waals surface area (Å²) in [7, 11) is 0. The molecule has 0 saturated carbocycles. The molecular weight excluding hydrogens is 216 g/mol. The van der Waals surface area contributed by atoms with E-state index in [1.54, 1.807) is 12.5 Å². The molecule has 0 amide bonds. The van der Waals surface area contributed by atoms with Gasteiger partial charge < -0.3 is 14.9 Å². The van der Waals surface area contributed by atoms with Crippen LogP contribution >= 0.6 is 0 Å². The van der Waals surface area contributed by atoms with Crippen molar-refractivity contribution in [1.82, 2.24) is 0 Å². The van der Waals surface area contributed by atoms with E-state index in [-0.39, 0.29) is 13.2 Å². The molecule has 0 heterocycles. The highest BCUT2D eigenvalue weighted by Crippen LogP contribution is 2.16. The number of hydrogen-bond acceptors (Lipinski definition) is 3. The smallest absolute Gasteiger partial charge is 0.0896 e. The molecule has 3 nitrogen and oxygen atoms in total. The van der Waals surface area contributed by atoms with Crippen molar-refractivity contribution in [3.63, 3.8) is 0 Å². The average Bonchev–Trinajstić information content (AvgIpc) is 2.26. The molecule has 0 atom stereocenters. The monoisotopic (exact) mass is 242 g/mol. The molecule has 17 heavy (non-hydrogen) atoms. The van der Waals surface area contributed by atoms with Gasteiger partial charge in [0.15, 0.2) is 0 Å². The summed E-state index contributed by atoms with van der Waals surface area (Å²) < 4.78 is 5.44. The van der Waals surface area contributed by atoms with E-state index < -0.39 is 0 Å². The second-order valence-corrected chi connectivity index (χ2v) is 4.78. The Balaban J connectivity index is 4.48. The molecule has 0 saturated heterocycles. The van der Waals surface area contributed by atoms with Crippen molar-refractivity contribution in [3.8, 4) is 0 Å². The highest BCUT2D eigenvalue weighted by Gasteiger charge is 2.04. The summed E-state index contributed by atoms with van der Waals surface area (Å²) in [6.45, 7) is 8.59. The predicted octanol–water partition coefficient (Wildman–Crippen LogP) is 2.85. The van der Waals surface area contributed by atoms with E-state index in [1.165, 1.54) is 0 Å². The lowest BCUT2D eigenvalue weighted by Crippen LogP contribution is -2.00. The maximum atomic E-state index is 8.92. The Bertz CT molecular complexity index is 226. The van der Waals surface area contributed by atoms with Crippen LogP contribution in [-0.4, -0.2) is 23.4 Å². The van der Waals surface area contributed by atoms with Gasteiger partial charge in [0, 0.05) is 13.2 Å². The largest absolute Gasteiger partial charge is 0.473 e. The molecule has 0 fully saturated rings. The molecule has 0 bridgehead atoms. The lowest BCUT2D eigenvalue weighted by molar-refractivity contribution is 0.286. The van der Waals surface area contributed by atoms with E-state index in [1.807, 2.05) is 0 Å². The first kappa shape index (κ1) is 16.2. The van der Waals surface area contributed by atoms with Gasteiger partial charge in [-0.1, -0.05) is 27.7 Å². The quantitative estimate of drug-likeness (QED) is 0.643. The average molecular weight is 242 g/mol. The third-order valence-corrected chi connectivity index (χ3v) is 2.72. The van der Waals surface area contributed by atoms with Gasteiger partial charge >= 0.3 is 0 Å². The van der Waals surface area contributed by atoms with Crippen LogP contribution in [0.15, 0.2) is 23.7 Å². The molecule has 0 aliphatic heterocycles. The Morgan fingerprint density at radius 2 is 1.24 bits per heavy atom. The van der Waals surface area contributed by atoms with Crippen molar-refractivity contribution in [2.45, 2.75) is 40.5 Å². The molecule has 0 unspecified atom stereocenters. The minimum absolute atomic E-state index is 0.144. The summed E-state index contributed by atoms with van der Waals surface area (Å²) >= 11 is 0. The fourth-order valence-electron chi connectivity index (χ4n) is 1.43. The third kappa shape index (κ3) is 7.18. The van der Waals surface area contributed by atoms with Crippen LogP contribution in [0.2, 0.25) is 0 Å². The van der Waals surface area contributed by atoms with E-state index in [0.717, 1.165) is 11.1 Å². The predicted molar refractivity (Wildman–Crippen MR) is 70.3 cm³/mol. The molecule has 0 aromatic rings. The summed E-state index contributed by atoms with van der Waals surface area (Å²) in [5.41, 5.74) is 2.19. The maximum absolute atomic E-state index is 8.92. The van der Waals surface area contributed by atoms with Crippen LogP contribution in [-0.2, 0) is 4.74 Å². The molecule has 0 aromatic heterocycles. The minimum Gasteiger partial charge on any atom is -0.473 e. The van der Waals surface area contributed by atoms with E-state index in [9.17, 15) is 0 Å². The lowest BCUT2D eigenvalue weighted by atomic mass is 10.0. The summed E-state index contributed by atoms with van der Waals surface area (Å²) in [6.07, 6.45) is 4.70. The number of rotatable bonds is 8. The highest BCUT2D eigenvalue weighted by molar-refractivity contribution is 5.05. The van der Waals surface area contributed by atoms with E-state index >= 15 is 0 Å². The van der Waals surface area contributed by atoms with Gasteiger partial charge in [-0.15, -0.1) is 0 Å². The van der Waals surface area contributed by atoms with Crippen LogP contribution in [0.5, 0.6) is 0 Å².